The fourth-order valence-electron chi connectivity index (χ4n) is 3.25. The van der Waals surface area contributed by atoms with Crippen molar-refractivity contribution in [1.82, 2.24) is 10.2 Å². The maximum atomic E-state index is 13.0. The van der Waals surface area contributed by atoms with Crippen molar-refractivity contribution in [3.8, 4) is 11.5 Å². The van der Waals surface area contributed by atoms with Crippen LogP contribution in [0.1, 0.15) is 18.1 Å². The van der Waals surface area contributed by atoms with Crippen LogP contribution in [0.4, 0.5) is 4.79 Å². The number of hydrogen-bond donors (Lipinski definition) is 1. The van der Waals surface area contributed by atoms with Gasteiger partial charge in [0.25, 0.3) is 5.91 Å². The Balaban J connectivity index is 1.62. The van der Waals surface area contributed by atoms with Crippen molar-refractivity contribution in [1.29, 1.82) is 0 Å². The summed E-state index contributed by atoms with van der Waals surface area (Å²) in [7, 11) is 0. The molecule has 2 aliphatic heterocycles. The highest BCUT2D eigenvalue weighted by molar-refractivity contribution is 6.32. The summed E-state index contributed by atoms with van der Waals surface area (Å²) in [6.07, 6.45) is 0. The van der Waals surface area contributed by atoms with Gasteiger partial charge in [0.1, 0.15) is 18.8 Å². The molecule has 2 aromatic rings. The molecule has 2 aromatic carbocycles. The van der Waals surface area contributed by atoms with Gasteiger partial charge in [0.05, 0.1) is 11.6 Å². The number of fused-ring (bicyclic) bond motifs is 1. The fourth-order valence-corrected chi connectivity index (χ4v) is 3.53. The van der Waals surface area contributed by atoms with E-state index in [2.05, 4.69) is 5.32 Å². The number of nitrogens with one attached hydrogen (secondary N) is 1. The van der Waals surface area contributed by atoms with Crippen LogP contribution in [0.3, 0.4) is 0 Å². The summed E-state index contributed by atoms with van der Waals surface area (Å²) >= 11 is 6.25. The van der Waals surface area contributed by atoms with E-state index in [0.29, 0.717) is 35.3 Å². The van der Waals surface area contributed by atoms with Crippen LogP contribution in [0, 0.1) is 0 Å². The van der Waals surface area contributed by atoms with E-state index in [4.69, 9.17) is 21.1 Å². The van der Waals surface area contributed by atoms with Crippen LogP contribution in [0.15, 0.2) is 42.5 Å². The molecule has 0 bridgehead atoms. The van der Waals surface area contributed by atoms with E-state index in [1.54, 1.807) is 19.1 Å². The van der Waals surface area contributed by atoms with Gasteiger partial charge < -0.3 is 14.8 Å². The molecule has 26 heavy (non-hydrogen) atoms. The zero-order valence-corrected chi connectivity index (χ0v) is 14.9. The molecule has 0 spiro atoms. The molecule has 6 nitrogen and oxygen atoms in total. The molecule has 2 heterocycles. The first kappa shape index (κ1) is 16.7. The Morgan fingerprint density at radius 2 is 1.88 bits per heavy atom. The molecule has 1 fully saturated rings. The largest absolute Gasteiger partial charge is 0.486 e. The quantitative estimate of drug-likeness (QED) is 0.841. The number of amides is 3. The molecule has 0 radical (unpaired) electrons. The molecule has 4 rings (SSSR count). The molecule has 134 valence electrons. The van der Waals surface area contributed by atoms with E-state index < -0.39 is 11.6 Å². The summed E-state index contributed by atoms with van der Waals surface area (Å²) in [5.41, 5.74) is 0.344. The van der Waals surface area contributed by atoms with E-state index in [1.807, 2.05) is 30.3 Å². The maximum absolute atomic E-state index is 13.0. The Labute approximate surface area is 155 Å². The number of halogens is 1. The molecule has 0 aliphatic carbocycles. The van der Waals surface area contributed by atoms with E-state index >= 15 is 0 Å². The maximum Gasteiger partial charge on any atom is 0.325 e. The topological polar surface area (TPSA) is 67.9 Å². The molecule has 7 heteroatoms. The average molecular weight is 373 g/mol. The fraction of sp³-hybridized carbons (Fsp3) is 0.263. The van der Waals surface area contributed by atoms with Crippen LogP contribution in [0.5, 0.6) is 11.5 Å². The summed E-state index contributed by atoms with van der Waals surface area (Å²) in [5, 5.41) is 3.19. The van der Waals surface area contributed by atoms with Crippen LogP contribution in [-0.4, -0.2) is 30.1 Å². The lowest BCUT2D eigenvalue weighted by Crippen LogP contribution is -2.40. The molecular weight excluding hydrogens is 356 g/mol. The average Bonchev–Trinajstić information content (AvgIpc) is 2.87. The molecule has 0 aromatic heterocycles. The lowest BCUT2D eigenvalue weighted by Gasteiger charge is -2.23. The SMILES string of the molecule is CC1(c2ccccc2)NC(=O)N(Cc2cc(Cl)c3c(c2)OCCO3)C1=O. The van der Waals surface area contributed by atoms with Crippen molar-refractivity contribution in [3.05, 3.63) is 58.6 Å². The number of imide groups is 1. The standard InChI is InChI=1S/C19H17ClN2O4/c1-19(13-5-3-2-4-6-13)17(23)22(18(24)21-19)11-12-9-14(20)16-15(10-12)25-7-8-26-16/h2-6,9-10H,7-8,11H2,1H3,(H,21,24). The second-order valence-corrected chi connectivity index (χ2v) is 6.82. The van der Waals surface area contributed by atoms with Crippen molar-refractivity contribution in [2.75, 3.05) is 13.2 Å². The van der Waals surface area contributed by atoms with Crippen LogP contribution in [0.2, 0.25) is 5.02 Å². The Morgan fingerprint density at radius 3 is 2.65 bits per heavy atom. The van der Waals surface area contributed by atoms with Crippen molar-refractivity contribution in [3.63, 3.8) is 0 Å². The van der Waals surface area contributed by atoms with E-state index in [9.17, 15) is 9.59 Å². The normalized spacial score (nSPS) is 21.7. The lowest BCUT2D eigenvalue weighted by molar-refractivity contribution is -0.131. The third kappa shape index (κ3) is 2.66. The van der Waals surface area contributed by atoms with Crippen LogP contribution < -0.4 is 14.8 Å². The number of carbonyl (C=O) groups is 2. The Kier molecular flexibility index (Phi) is 4.00. The van der Waals surface area contributed by atoms with E-state index in [0.717, 1.165) is 5.56 Å². The van der Waals surface area contributed by atoms with Gasteiger partial charge in [0.15, 0.2) is 11.5 Å². The predicted molar refractivity (Wildman–Crippen MR) is 95.3 cm³/mol. The molecular formula is C19H17ClN2O4. The summed E-state index contributed by atoms with van der Waals surface area (Å²) in [5.74, 6) is 0.712. The minimum Gasteiger partial charge on any atom is -0.486 e. The number of hydrogen-bond acceptors (Lipinski definition) is 4. The van der Waals surface area contributed by atoms with Gasteiger partial charge in [-0.2, -0.15) is 0 Å². The van der Waals surface area contributed by atoms with E-state index in [1.165, 1.54) is 4.90 Å². The number of ether oxygens (including phenoxy) is 2. The monoisotopic (exact) mass is 372 g/mol. The molecule has 0 saturated carbocycles. The van der Waals surface area contributed by atoms with Gasteiger partial charge in [-0.25, -0.2) is 4.79 Å². The lowest BCUT2D eigenvalue weighted by atomic mass is 9.92. The molecule has 1 saturated heterocycles. The van der Waals surface area contributed by atoms with Gasteiger partial charge in [-0.05, 0) is 30.2 Å². The molecule has 2 aliphatic rings. The minimum absolute atomic E-state index is 0.101. The number of carbonyl (C=O) groups excluding carboxylic acids is 2. The van der Waals surface area contributed by atoms with Gasteiger partial charge in [-0.1, -0.05) is 41.9 Å². The first-order valence-corrected chi connectivity index (χ1v) is 8.64. The molecule has 1 unspecified atom stereocenters. The summed E-state index contributed by atoms with van der Waals surface area (Å²) in [6, 6.07) is 12.2. The zero-order valence-electron chi connectivity index (χ0n) is 14.1. The molecule has 3 amide bonds. The van der Waals surface area contributed by atoms with Crippen LogP contribution in [-0.2, 0) is 16.9 Å². The van der Waals surface area contributed by atoms with Gasteiger partial charge in [-0.15, -0.1) is 0 Å². The van der Waals surface area contributed by atoms with Crippen molar-refractivity contribution in [2.24, 2.45) is 0 Å². The number of urea groups is 1. The summed E-state index contributed by atoms with van der Waals surface area (Å²) < 4.78 is 11.1. The van der Waals surface area contributed by atoms with Crippen LogP contribution >= 0.6 is 11.6 Å². The third-order valence-corrected chi connectivity index (χ3v) is 4.90. The molecule has 1 N–H and O–H groups in total. The van der Waals surface area contributed by atoms with E-state index in [-0.39, 0.29) is 12.5 Å². The van der Waals surface area contributed by atoms with Crippen molar-refractivity contribution < 1.29 is 19.1 Å². The number of nitrogens with zero attached hydrogens (tertiary/aromatic N) is 1. The van der Waals surface area contributed by atoms with Gasteiger partial charge in [0.2, 0.25) is 0 Å². The second-order valence-electron chi connectivity index (χ2n) is 6.41. The summed E-state index contributed by atoms with van der Waals surface area (Å²) in [6.45, 7) is 2.68. The highest BCUT2D eigenvalue weighted by Gasteiger charge is 2.48. The van der Waals surface area contributed by atoms with Crippen LogP contribution in [0.25, 0.3) is 0 Å². The number of benzene rings is 2. The Hall–Kier alpha value is -2.73. The highest BCUT2D eigenvalue weighted by atomic mass is 35.5. The second kappa shape index (κ2) is 6.21. The van der Waals surface area contributed by atoms with Gasteiger partial charge >= 0.3 is 6.03 Å². The third-order valence-electron chi connectivity index (χ3n) is 4.62. The first-order chi connectivity index (χ1) is 12.5. The smallest absolute Gasteiger partial charge is 0.325 e. The van der Waals surface area contributed by atoms with Crippen molar-refractivity contribution >= 4 is 23.5 Å². The van der Waals surface area contributed by atoms with Gasteiger partial charge in [0, 0.05) is 0 Å². The summed E-state index contributed by atoms with van der Waals surface area (Å²) in [4.78, 5) is 26.6. The Morgan fingerprint density at radius 1 is 1.15 bits per heavy atom. The van der Waals surface area contributed by atoms with Crippen molar-refractivity contribution in [2.45, 2.75) is 19.0 Å². The first-order valence-electron chi connectivity index (χ1n) is 8.27. The van der Waals surface area contributed by atoms with Gasteiger partial charge in [-0.3, -0.25) is 9.69 Å². The molecule has 1 atom stereocenters. The zero-order chi connectivity index (χ0) is 18.3. The number of rotatable bonds is 3. The Bertz CT molecular complexity index is 887. The highest BCUT2D eigenvalue weighted by Crippen LogP contribution is 2.39. The minimum atomic E-state index is -1.09. The predicted octanol–water partition coefficient (Wildman–Crippen LogP) is 3.08.